The number of hydrogen-bond acceptors (Lipinski definition) is 5. The lowest BCUT2D eigenvalue weighted by molar-refractivity contribution is -0.274. The number of piperidine rings is 1. The molecular formula is C26H27F5N4O3. The van der Waals surface area contributed by atoms with Crippen LogP contribution in [0.25, 0.3) is 0 Å². The number of halogens is 5. The minimum absolute atomic E-state index is 0.0810. The topological polar surface area (TPSA) is 79.6 Å². The number of benzene rings is 2. The Morgan fingerprint density at radius 2 is 1.79 bits per heavy atom. The highest BCUT2D eigenvalue weighted by molar-refractivity contribution is 5.84. The van der Waals surface area contributed by atoms with E-state index in [0.29, 0.717) is 36.4 Å². The van der Waals surface area contributed by atoms with E-state index in [2.05, 4.69) is 19.9 Å². The normalized spacial score (nSPS) is 20.4. The van der Waals surface area contributed by atoms with Crippen LogP contribution in [0.15, 0.2) is 55.0 Å². The van der Waals surface area contributed by atoms with Crippen molar-refractivity contribution in [3.8, 4) is 5.75 Å². The van der Waals surface area contributed by atoms with E-state index in [1.807, 2.05) is 0 Å². The van der Waals surface area contributed by atoms with E-state index >= 15 is 0 Å². The van der Waals surface area contributed by atoms with Crippen LogP contribution in [0.1, 0.15) is 21.6 Å². The lowest BCUT2D eigenvalue weighted by Crippen LogP contribution is -2.27. The van der Waals surface area contributed by atoms with Gasteiger partial charge in [-0.15, -0.1) is 13.2 Å². The summed E-state index contributed by atoms with van der Waals surface area (Å²) in [6, 6.07) is 9.55. The van der Waals surface area contributed by atoms with Crippen molar-refractivity contribution in [1.29, 1.82) is 0 Å². The van der Waals surface area contributed by atoms with Crippen LogP contribution in [0.3, 0.4) is 0 Å². The van der Waals surface area contributed by atoms with Gasteiger partial charge in [-0.25, -0.2) is 18.6 Å². The molecule has 2 atom stereocenters. The smallest absolute Gasteiger partial charge is 0.476 e. The van der Waals surface area contributed by atoms with Gasteiger partial charge in [-0.1, -0.05) is 12.1 Å². The summed E-state index contributed by atoms with van der Waals surface area (Å²) in [5, 5.41) is 11.6. The van der Waals surface area contributed by atoms with Gasteiger partial charge < -0.3 is 19.7 Å². The second-order valence-corrected chi connectivity index (χ2v) is 9.52. The number of rotatable bonds is 8. The maximum Gasteiger partial charge on any atom is 0.573 e. The molecule has 0 bridgehead atoms. The van der Waals surface area contributed by atoms with Crippen molar-refractivity contribution >= 4 is 5.97 Å². The molecule has 1 aliphatic carbocycles. The zero-order valence-corrected chi connectivity index (χ0v) is 20.5. The fourth-order valence-corrected chi connectivity index (χ4v) is 4.89. The molecule has 1 saturated carbocycles. The number of nitrogens with zero attached hydrogens (tertiary/aromatic N) is 3. The Morgan fingerprint density at radius 3 is 2.34 bits per heavy atom. The number of hydrogen-bond donors (Lipinski definition) is 2. The summed E-state index contributed by atoms with van der Waals surface area (Å²) in [5.41, 5.74) is 1.45. The molecule has 0 amide bonds. The van der Waals surface area contributed by atoms with E-state index in [1.165, 1.54) is 42.9 Å². The van der Waals surface area contributed by atoms with Crippen LogP contribution in [0.5, 0.6) is 5.75 Å². The molecule has 204 valence electrons. The van der Waals surface area contributed by atoms with Crippen molar-refractivity contribution in [3.05, 3.63) is 83.4 Å². The van der Waals surface area contributed by atoms with Crippen LogP contribution >= 0.6 is 0 Å². The van der Waals surface area contributed by atoms with Crippen LogP contribution < -0.4 is 10.1 Å². The predicted molar refractivity (Wildman–Crippen MR) is 127 cm³/mol. The second-order valence-electron chi connectivity index (χ2n) is 9.52. The fourth-order valence-electron chi connectivity index (χ4n) is 4.89. The molecule has 12 heteroatoms. The number of imidazole rings is 1. The highest BCUT2D eigenvalue weighted by Crippen LogP contribution is 2.51. The average molecular weight is 539 g/mol. The Morgan fingerprint density at radius 1 is 1.11 bits per heavy atom. The lowest BCUT2D eigenvalue weighted by Gasteiger charge is -2.19. The molecule has 2 aliphatic rings. The number of carbonyl (C=O) groups is 1. The van der Waals surface area contributed by atoms with Crippen LogP contribution in [-0.4, -0.2) is 51.5 Å². The molecule has 1 aromatic heterocycles. The summed E-state index contributed by atoms with van der Waals surface area (Å²) in [4.78, 5) is 15.9. The molecular weight excluding hydrogens is 511 g/mol. The molecule has 1 saturated heterocycles. The largest absolute Gasteiger partial charge is 0.573 e. The van der Waals surface area contributed by atoms with Crippen LogP contribution in [-0.2, 0) is 20.1 Å². The number of carboxylic acid groups (broad SMARTS) is 1. The molecule has 2 unspecified atom stereocenters. The van der Waals surface area contributed by atoms with E-state index < -0.39 is 24.0 Å². The third-order valence-electron chi connectivity index (χ3n) is 6.54. The van der Waals surface area contributed by atoms with Gasteiger partial charge in [-0.3, -0.25) is 4.90 Å². The van der Waals surface area contributed by atoms with Crippen LogP contribution in [0.4, 0.5) is 22.0 Å². The molecule has 5 rings (SSSR count). The summed E-state index contributed by atoms with van der Waals surface area (Å²) < 4.78 is 69.0. The van der Waals surface area contributed by atoms with Crippen molar-refractivity contribution in [2.75, 3.05) is 19.6 Å². The number of likely N-dealkylation sites (tertiary alicyclic amines) is 1. The molecule has 38 heavy (non-hydrogen) atoms. The van der Waals surface area contributed by atoms with E-state index in [1.54, 1.807) is 17.7 Å². The fraction of sp³-hybridized carbons (Fsp3) is 0.385. The minimum atomic E-state index is -4.69. The molecule has 2 N–H and O–H groups in total. The Bertz CT molecular complexity index is 1230. The third-order valence-corrected chi connectivity index (χ3v) is 6.54. The van der Waals surface area contributed by atoms with Crippen LogP contribution in [0, 0.1) is 29.4 Å². The Balaban J connectivity index is 0.000000317. The molecule has 2 aromatic carbocycles. The monoisotopic (exact) mass is 538 g/mol. The van der Waals surface area contributed by atoms with Gasteiger partial charge in [0.25, 0.3) is 0 Å². The first kappa shape index (κ1) is 27.5. The summed E-state index contributed by atoms with van der Waals surface area (Å²) in [5.74, 6) is -0.681. The van der Waals surface area contributed by atoms with Gasteiger partial charge in [0.15, 0.2) is 5.69 Å². The standard InChI is InChI=1S/C21H21F5N2O.C5H6N2O2/c22-15-4-14(5-16(23)7-15)10-28-11-19-18(20(19)12-28)9-27-8-13-2-1-3-17(6-13)29-21(24,25)26;1-7-2-4(5(8)9)6-3-7/h1-7,18-20,27H,8-12H2;2-3H,1H3,(H,8,9). The predicted octanol–water partition coefficient (Wildman–Crippen LogP) is 4.45. The molecule has 1 aliphatic heterocycles. The molecule has 2 heterocycles. The lowest BCUT2D eigenvalue weighted by atomic mass is 10.1. The van der Waals surface area contributed by atoms with Crippen molar-refractivity contribution < 1.29 is 36.6 Å². The van der Waals surface area contributed by atoms with Gasteiger partial charge in [0, 0.05) is 45.5 Å². The summed E-state index contributed by atoms with van der Waals surface area (Å²) in [6.07, 6.45) is -1.80. The minimum Gasteiger partial charge on any atom is -0.476 e. The van der Waals surface area contributed by atoms with E-state index in [0.717, 1.165) is 31.3 Å². The molecule has 0 radical (unpaired) electrons. The Labute approximate surface area is 215 Å². The molecule has 7 nitrogen and oxygen atoms in total. The third kappa shape index (κ3) is 7.75. The highest BCUT2D eigenvalue weighted by atomic mass is 19.4. The van der Waals surface area contributed by atoms with E-state index in [-0.39, 0.29) is 11.4 Å². The van der Waals surface area contributed by atoms with Crippen molar-refractivity contribution in [2.45, 2.75) is 19.5 Å². The average Bonchev–Trinajstić information content (AvgIpc) is 3.12. The van der Waals surface area contributed by atoms with Gasteiger partial charge in [0.1, 0.15) is 17.4 Å². The first-order chi connectivity index (χ1) is 18.0. The van der Waals surface area contributed by atoms with E-state index in [9.17, 15) is 26.7 Å². The first-order valence-electron chi connectivity index (χ1n) is 11.9. The summed E-state index contributed by atoms with van der Waals surface area (Å²) in [6.45, 7) is 3.58. The number of fused-ring (bicyclic) bond motifs is 1. The number of aryl methyl sites for hydroxylation is 1. The number of aromatic carboxylic acids is 1. The number of ether oxygens (including phenoxy) is 1. The Hall–Kier alpha value is -3.51. The van der Waals surface area contributed by atoms with Crippen molar-refractivity contribution in [1.82, 2.24) is 19.8 Å². The van der Waals surface area contributed by atoms with Crippen LogP contribution in [0.2, 0.25) is 0 Å². The quantitative estimate of drug-likeness (QED) is 0.413. The summed E-state index contributed by atoms with van der Waals surface area (Å²) in [7, 11) is 1.72. The maximum atomic E-state index is 13.3. The number of nitrogens with one attached hydrogen (secondary N) is 1. The van der Waals surface area contributed by atoms with Gasteiger partial charge in [-0.05, 0) is 59.7 Å². The first-order valence-corrected chi connectivity index (χ1v) is 11.9. The zero-order valence-electron chi connectivity index (χ0n) is 20.5. The number of alkyl halides is 3. The number of carboxylic acids is 1. The summed E-state index contributed by atoms with van der Waals surface area (Å²) >= 11 is 0. The zero-order chi connectivity index (χ0) is 27.4. The highest BCUT2D eigenvalue weighted by Gasteiger charge is 2.54. The van der Waals surface area contributed by atoms with Crippen molar-refractivity contribution in [3.63, 3.8) is 0 Å². The van der Waals surface area contributed by atoms with E-state index in [4.69, 9.17) is 5.11 Å². The van der Waals surface area contributed by atoms with Crippen molar-refractivity contribution in [2.24, 2.45) is 24.8 Å². The Kier molecular flexibility index (Phi) is 8.32. The molecule has 0 spiro atoms. The number of aromatic nitrogens is 2. The SMILES string of the molecule is Cn1cnc(C(=O)O)c1.Fc1cc(F)cc(CN2CC3C(CNCc4cccc(OC(F)(F)F)c4)C3C2)c1. The van der Waals surface area contributed by atoms with Gasteiger partial charge in [0.05, 0.1) is 6.33 Å². The second kappa shape index (κ2) is 11.5. The maximum absolute atomic E-state index is 13.3. The van der Waals surface area contributed by atoms with Gasteiger partial charge in [0.2, 0.25) is 0 Å². The molecule has 3 aromatic rings. The molecule has 2 fully saturated rings. The van der Waals surface area contributed by atoms with Gasteiger partial charge >= 0.3 is 12.3 Å². The van der Waals surface area contributed by atoms with Gasteiger partial charge in [-0.2, -0.15) is 0 Å².